The number of carboxylic acids is 2. The molecule has 3 N–H and O–H groups in total. The third-order valence-corrected chi connectivity index (χ3v) is 1.38. The van der Waals surface area contributed by atoms with Gasteiger partial charge in [-0.2, -0.15) is 0 Å². The third kappa shape index (κ3) is 15.9. The Morgan fingerprint density at radius 1 is 1.00 bits per heavy atom. The number of aryl methyl sites for hydroxylation is 1. The summed E-state index contributed by atoms with van der Waals surface area (Å²) >= 11 is 0. The van der Waals surface area contributed by atoms with Gasteiger partial charge in [0.05, 0.1) is 0 Å². The van der Waals surface area contributed by atoms with Crippen molar-refractivity contribution in [1.29, 1.82) is 0 Å². The Labute approximate surface area is 105 Å². The Hall–Kier alpha value is -2.56. The Morgan fingerprint density at radius 2 is 1.28 bits per heavy atom. The second kappa shape index (κ2) is 10.9. The number of phenols is 1. The summed E-state index contributed by atoms with van der Waals surface area (Å²) in [5.41, 5.74) is 1.17. The number of hydrogen-bond acceptors (Lipinski definition) is 3. The molecule has 1 aromatic rings. The van der Waals surface area contributed by atoms with Gasteiger partial charge >= 0.3 is 11.9 Å². The van der Waals surface area contributed by atoms with Crippen LogP contribution in [0.15, 0.2) is 49.6 Å². The maximum absolute atomic E-state index is 9.25. The quantitative estimate of drug-likeness (QED) is 0.701. The first kappa shape index (κ1) is 17.8. The van der Waals surface area contributed by atoms with E-state index in [1.165, 1.54) is 5.56 Å². The minimum Gasteiger partial charge on any atom is -0.508 e. The molecular formula is C13H16O5. The molecule has 0 amide bonds. The molecule has 0 fully saturated rings. The van der Waals surface area contributed by atoms with E-state index in [-0.39, 0.29) is 0 Å². The summed E-state index contributed by atoms with van der Waals surface area (Å²) in [5.74, 6) is -1.63. The van der Waals surface area contributed by atoms with Gasteiger partial charge in [0.15, 0.2) is 0 Å². The number of aliphatic carboxylic acids is 2. The first-order chi connectivity index (χ1) is 8.33. The van der Waals surface area contributed by atoms with E-state index in [4.69, 9.17) is 15.3 Å². The lowest BCUT2D eigenvalue weighted by molar-refractivity contribution is -0.132. The van der Waals surface area contributed by atoms with Gasteiger partial charge in [0.2, 0.25) is 0 Å². The second-order valence-corrected chi connectivity index (χ2v) is 2.92. The number of aromatic hydroxyl groups is 1. The standard InChI is InChI=1S/C7H8O.2C3H4O2/c1-6-2-4-7(8)5-3-6;2*1-2-3(4)5/h2-5,8H,1H3;2*2H,1H2,(H,4,5). The van der Waals surface area contributed by atoms with E-state index in [9.17, 15) is 9.59 Å². The molecule has 0 aliphatic heterocycles. The fourth-order valence-electron chi connectivity index (χ4n) is 0.545. The Morgan fingerprint density at radius 3 is 1.44 bits per heavy atom. The number of hydrogen-bond donors (Lipinski definition) is 3. The van der Waals surface area contributed by atoms with Crippen LogP contribution in [0.2, 0.25) is 0 Å². The van der Waals surface area contributed by atoms with E-state index in [2.05, 4.69) is 13.2 Å². The van der Waals surface area contributed by atoms with Crippen LogP contribution in [0.5, 0.6) is 5.75 Å². The van der Waals surface area contributed by atoms with Crippen LogP contribution in [0.1, 0.15) is 5.56 Å². The predicted molar refractivity (Wildman–Crippen MR) is 68.5 cm³/mol. The fraction of sp³-hybridized carbons (Fsp3) is 0.0769. The summed E-state index contributed by atoms with van der Waals surface area (Å²) in [6.07, 6.45) is 1.67. The van der Waals surface area contributed by atoms with Gasteiger partial charge in [-0.15, -0.1) is 0 Å². The molecule has 0 saturated carbocycles. The van der Waals surface area contributed by atoms with Gasteiger partial charge < -0.3 is 15.3 Å². The number of carboxylic acid groups (broad SMARTS) is 2. The van der Waals surface area contributed by atoms with Crippen molar-refractivity contribution >= 4 is 11.9 Å². The molecule has 5 heteroatoms. The highest BCUT2D eigenvalue weighted by atomic mass is 16.4. The Kier molecular flexibility index (Phi) is 10.8. The maximum Gasteiger partial charge on any atom is 0.327 e. The van der Waals surface area contributed by atoms with Crippen molar-refractivity contribution in [3.63, 3.8) is 0 Å². The van der Waals surface area contributed by atoms with Crippen LogP contribution < -0.4 is 0 Å². The first-order valence-corrected chi connectivity index (χ1v) is 4.79. The van der Waals surface area contributed by atoms with Gasteiger partial charge in [0.1, 0.15) is 5.75 Å². The van der Waals surface area contributed by atoms with Crippen LogP contribution in [0.4, 0.5) is 0 Å². The average Bonchev–Trinajstić information content (AvgIpc) is 2.34. The van der Waals surface area contributed by atoms with Crippen LogP contribution >= 0.6 is 0 Å². The molecule has 0 bridgehead atoms. The molecular weight excluding hydrogens is 236 g/mol. The van der Waals surface area contributed by atoms with Crippen molar-refractivity contribution in [3.8, 4) is 5.75 Å². The van der Waals surface area contributed by atoms with Gasteiger partial charge in [0.25, 0.3) is 0 Å². The molecule has 0 saturated heterocycles. The molecule has 0 heterocycles. The highest BCUT2D eigenvalue weighted by Crippen LogP contribution is 2.07. The van der Waals surface area contributed by atoms with Gasteiger partial charge in [-0.05, 0) is 19.1 Å². The van der Waals surface area contributed by atoms with E-state index in [0.717, 1.165) is 12.2 Å². The number of carbonyl (C=O) groups is 2. The minimum absolute atomic E-state index is 0.329. The highest BCUT2D eigenvalue weighted by molar-refractivity contribution is 5.79. The van der Waals surface area contributed by atoms with Crippen molar-refractivity contribution in [2.75, 3.05) is 0 Å². The molecule has 0 spiro atoms. The van der Waals surface area contributed by atoms with Crippen molar-refractivity contribution in [1.82, 2.24) is 0 Å². The summed E-state index contributed by atoms with van der Waals surface area (Å²) in [6.45, 7) is 7.91. The van der Waals surface area contributed by atoms with Gasteiger partial charge in [-0.25, -0.2) is 9.59 Å². The molecule has 0 atom stereocenters. The molecule has 0 radical (unpaired) electrons. The average molecular weight is 252 g/mol. The first-order valence-electron chi connectivity index (χ1n) is 4.79. The fourth-order valence-corrected chi connectivity index (χ4v) is 0.545. The predicted octanol–water partition coefficient (Wildman–Crippen LogP) is 2.21. The van der Waals surface area contributed by atoms with Crippen LogP contribution in [0.25, 0.3) is 0 Å². The molecule has 1 rings (SSSR count). The monoisotopic (exact) mass is 252 g/mol. The zero-order valence-electron chi connectivity index (χ0n) is 10.0. The molecule has 1 aromatic carbocycles. The van der Waals surface area contributed by atoms with Crippen molar-refractivity contribution in [3.05, 3.63) is 55.1 Å². The van der Waals surface area contributed by atoms with E-state index in [1.54, 1.807) is 12.1 Å². The van der Waals surface area contributed by atoms with Crippen LogP contribution in [-0.4, -0.2) is 27.3 Å². The summed E-state index contributed by atoms with van der Waals surface area (Å²) < 4.78 is 0. The lowest BCUT2D eigenvalue weighted by Gasteiger charge is -1.89. The van der Waals surface area contributed by atoms with E-state index < -0.39 is 11.9 Å². The van der Waals surface area contributed by atoms with Crippen molar-refractivity contribution in [2.24, 2.45) is 0 Å². The highest BCUT2D eigenvalue weighted by Gasteiger charge is 1.82. The van der Waals surface area contributed by atoms with Crippen LogP contribution in [-0.2, 0) is 9.59 Å². The normalized spacial score (nSPS) is 7.61. The van der Waals surface area contributed by atoms with E-state index in [0.29, 0.717) is 5.75 Å². The smallest absolute Gasteiger partial charge is 0.327 e. The van der Waals surface area contributed by atoms with Gasteiger partial charge in [-0.1, -0.05) is 30.9 Å². The third-order valence-electron chi connectivity index (χ3n) is 1.38. The largest absolute Gasteiger partial charge is 0.508 e. The lowest BCUT2D eigenvalue weighted by atomic mass is 10.2. The van der Waals surface area contributed by atoms with E-state index >= 15 is 0 Å². The van der Waals surface area contributed by atoms with Crippen LogP contribution in [0.3, 0.4) is 0 Å². The van der Waals surface area contributed by atoms with Gasteiger partial charge in [0, 0.05) is 12.2 Å². The van der Waals surface area contributed by atoms with Gasteiger partial charge in [-0.3, -0.25) is 0 Å². The summed E-state index contributed by atoms with van der Waals surface area (Å²) in [7, 11) is 0. The zero-order valence-corrected chi connectivity index (χ0v) is 10.0. The number of benzene rings is 1. The summed E-state index contributed by atoms with van der Waals surface area (Å²) in [5, 5.41) is 24.0. The molecule has 0 aromatic heterocycles. The van der Waals surface area contributed by atoms with E-state index in [1.807, 2.05) is 19.1 Å². The summed E-state index contributed by atoms with van der Waals surface area (Å²) in [4.78, 5) is 18.5. The Bertz CT molecular complexity index is 353. The van der Waals surface area contributed by atoms with Crippen molar-refractivity contribution in [2.45, 2.75) is 6.92 Å². The second-order valence-electron chi connectivity index (χ2n) is 2.92. The zero-order chi connectivity index (χ0) is 14.6. The minimum atomic E-state index is -0.981. The molecule has 0 unspecified atom stereocenters. The molecule has 18 heavy (non-hydrogen) atoms. The SMILES string of the molecule is C=CC(=O)O.C=CC(=O)O.Cc1ccc(O)cc1. The molecule has 0 aliphatic rings. The molecule has 98 valence electrons. The topological polar surface area (TPSA) is 94.8 Å². The lowest BCUT2D eigenvalue weighted by Crippen LogP contribution is -1.82. The van der Waals surface area contributed by atoms with Crippen LogP contribution in [0, 0.1) is 6.92 Å². The number of rotatable bonds is 2. The Balaban J connectivity index is 0. The molecule has 5 nitrogen and oxygen atoms in total. The van der Waals surface area contributed by atoms with Crippen molar-refractivity contribution < 1.29 is 24.9 Å². The summed E-state index contributed by atoms with van der Waals surface area (Å²) in [6, 6.07) is 7.09. The number of phenolic OH excluding ortho intramolecular Hbond substituents is 1. The molecule has 0 aliphatic carbocycles. The maximum atomic E-state index is 9.25.